The van der Waals surface area contributed by atoms with E-state index in [1.54, 1.807) is 14.2 Å². The van der Waals surface area contributed by atoms with Crippen molar-refractivity contribution in [2.24, 2.45) is 0 Å². The number of nitrogens with zero attached hydrogens (tertiary/aromatic N) is 1. The van der Waals surface area contributed by atoms with Gasteiger partial charge in [-0.25, -0.2) is 0 Å². The molecule has 0 saturated carbocycles. The van der Waals surface area contributed by atoms with Gasteiger partial charge in [-0.1, -0.05) is 48.9 Å². The Balaban J connectivity index is 1.67. The molecular formula is C23H30N2O3. The molecule has 5 heteroatoms. The number of likely N-dealkylation sites (tertiary alicyclic amines) is 1. The molecule has 2 aromatic rings. The lowest BCUT2D eigenvalue weighted by atomic mass is 9.99. The highest BCUT2D eigenvalue weighted by Gasteiger charge is 2.28. The number of amides is 1. The number of carbonyl (C=O) groups is 1. The van der Waals surface area contributed by atoms with Crippen LogP contribution in [0.3, 0.4) is 0 Å². The van der Waals surface area contributed by atoms with Crippen LogP contribution in [0, 0.1) is 0 Å². The van der Waals surface area contributed by atoms with Gasteiger partial charge in [0.1, 0.15) is 5.75 Å². The molecule has 1 atom stereocenters. The number of piperidine rings is 1. The Morgan fingerprint density at radius 3 is 2.64 bits per heavy atom. The lowest BCUT2D eigenvalue weighted by molar-refractivity contribution is -0.128. The SMILES string of the molecule is COCCNC(=O)C1CCCCN1Cc1ccc(-c2ccccc2OC)cc1. The van der Waals surface area contributed by atoms with Crippen molar-refractivity contribution in [2.45, 2.75) is 31.8 Å². The fourth-order valence-electron chi connectivity index (χ4n) is 3.78. The Morgan fingerprint density at radius 2 is 1.89 bits per heavy atom. The van der Waals surface area contributed by atoms with Gasteiger partial charge in [-0.3, -0.25) is 9.69 Å². The van der Waals surface area contributed by atoms with Gasteiger partial charge in [-0.15, -0.1) is 0 Å². The number of carbonyl (C=O) groups excluding carboxylic acids is 1. The summed E-state index contributed by atoms with van der Waals surface area (Å²) < 4.78 is 10.5. The molecule has 150 valence electrons. The normalized spacial score (nSPS) is 17.3. The van der Waals surface area contributed by atoms with Crippen molar-refractivity contribution in [2.75, 3.05) is 33.9 Å². The molecule has 1 saturated heterocycles. The van der Waals surface area contributed by atoms with Crippen LogP contribution in [0.5, 0.6) is 5.75 Å². The van der Waals surface area contributed by atoms with Crippen LogP contribution in [-0.4, -0.2) is 50.8 Å². The number of benzene rings is 2. The number of para-hydroxylation sites is 1. The van der Waals surface area contributed by atoms with Crippen LogP contribution in [0.25, 0.3) is 11.1 Å². The Kier molecular flexibility index (Phi) is 7.46. The number of nitrogens with one attached hydrogen (secondary N) is 1. The lowest BCUT2D eigenvalue weighted by Crippen LogP contribution is -2.49. The zero-order valence-electron chi connectivity index (χ0n) is 16.8. The lowest BCUT2D eigenvalue weighted by Gasteiger charge is -2.34. The van der Waals surface area contributed by atoms with Crippen molar-refractivity contribution in [3.8, 4) is 16.9 Å². The largest absolute Gasteiger partial charge is 0.496 e. The van der Waals surface area contributed by atoms with Crippen LogP contribution < -0.4 is 10.1 Å². The maximum absolute atomic E-state index is 12.6. The van der Waals surface area contributed by atoms with Gasteiger partial charge in [0.25, 0.3) is 0 Å². The minimum atomic E-state index is -0.0560. The number of hydrogen-bond donors (Lipinski definition) is 1. The summed E-state index contributed by atoms with van der Waals surface area (Å²) in [5.74, 6) is 0.987. The Bertz CT molecular complexity index is 761. The molecule has 5 nitrogen and oxygen atoms in total. The first-order chi connectivity index (χ1) is 13.7. The van der Waals surface area contributed by atoms with E-state index in [4.69, 9.17) is 9.47 Å². The number of ether oxygens (including phenoxy) is 2. The fraction of sp³-hybridized carbons (Fsp3) is 0.435. The molecule has 0 bridgehead atoms. The number of hydrogen-bond acceptors (Lipinski definition) is 4. The summed E-state index contributed by atoms with van der Waals surface area (Å²) in [4.78, 5) is 14.9. The summed E-state index contributed by atoms with van der Waals surface area (Å²) in [6.45, 7) is 2.85. The molecule has 0 spiro atoms. The van der Waals surface area contributed by atoms with Gasteiger partial charge >= 0.3 is 0 Å². The highest BCUT2D eigenvalue weighted by molar-refractivity contribution is 5.81. The highest BCUT2D eigenvalue weighted by atomic mass is 16.5. The molecule has 1 N–H and O–H groups in total. The molecule has 1 fully saturated rings. The Hall–Kier alpha value is -2.37. The molecule has 0 aromatic heterocycles. The minimum Gasteiger partial charge on any atom is -0.496 e. The van der Waals surface area contributed by atoms with E-state index in [2.05, 4.69) is 40.5 Å². The first kappa shape index (κ1) is 20.4. The summed E-state index contributed by atoms with van der Waals surface area (Å²) >= 11 is 0. The Labute approximate surface area is 167 Å². The van der Waals surface area contributed by atoms with E-state index < -0.39 is 0 Å². The molecule has 1 amide bonds. The maximum Gasteiger partial charge on any atom is 0.237 e. The summed E-state index contributed by atoms with van der Waals surface area (Å²) in [5.41, 5.74) is 3.44. The van der Waals surface area contributed by atoms with Crippen molar-refractivity contribution in [3.63, 3.8) is 0 Å². The summed E-state index contributed by atoms with van der Waals surface area (Å²) in [5, 5.41) is 2.99. The zero-order valence-corrected chi connectivity index (χ0v) is 16.8. The molecular weight excluding hydrogens is 352 g/mol. The van der Waals surface area contributed by atoms with Crippen LogP contribution in [-0.2, 0) is 16.1 Å². The van der Waals surface area contributed by atoms with Gasteiger partial charge in [0.05, 0.1) is 19.8 Å². The van der Waals surface area contributed by atoms with Gasteiger partial charge in [0.15, 0.2) is 0 Å². The molecule has 0 aliphatic carbocycles. The Morgan fingerprint density at radius 1 is 1.11 bits per heavy atom. The van der Waals surface area contributed by atoms with E-state index in [9.17, 15) is 4.79 Å². The zero-order chi connectivity index (χ0) is 19.8. The van der Waals surface area contributed by atoms with Gasteiger partial charge < -0.3 is 14.8 Å². The van der Waals surface area contributed by atoms with Gasteiger partial charge in [0, 0.05) is 25.8 Å². The highest BCUT2D eigenvalue weighted by Crippen LogP contribution is 2.30. The predicted molar refractivity (Wildman–Crippen MR) is 111 cm³/mol. The van der Waals surface area contributed by atoms with Crippen molar-refractivity contribution in [1.82, 2.24) is 10.2 Å². The predicted octanol–water partition coefficient (Wildman–Crippen LogP) is 3.48. The van der Waals surface area contributed by atoms with Gasteiger partial charge in [0.2, 0.25) is 5.91 Å². The third-order valence-electron chi connectivity index (χ3n) is 5.28. The van der Waals surface area contributed by atoms with E-state index in [1.165, 1.54) is 5.56 Å². The third-order valence-corrected chi connectivity index (χ3v) is 5.28. The van der Waals surface area contributed by atoms with E-state index in [0.717, 1.165) is 49.2 Å². The second-order valence-corrected chi connectivity index (χ2v) is 7.16. The van der Waals surface area contributed by atoms with Crippen molar-refractivity contribution < 1.29 is 14.3 Å². The van der Waals surface area contributed by atoms with E-state index in [0.29, 0.717) is 13.2 Å². The molecule has 2 aromatic carbocycles. The standard InChI is InChI=1S/C23H30N2O3/c1-27-16-14-24-23(26)21-8-5-6-15-25(21)17-18-10-12-19(13-11-18)20-7-3-4-9-22(20)28-2/h3-4,7,9-13,21H,5-6,8,14-17H2,1-2H3,(H,24,26). The molecule has 1 heterocycles. The number of methoxy groups -OCH3 is 2. The average Bonchev–Trinajstić information content (AvgIpc) is 2.75. The first-order valence-corrected chi connectivity index (χ1v) is 9.96. The smallest absolute Gasteiger partial charge is 0.237 e. The van der Waals surface area contributed by atoms with Gasteiger partial charge in [-0.2, -0.15) is 0 Å². The van der Waals surface area contributed by atoms with E-state index >= 15 is 0 Å². The molecule has 1 aliphatic heterocycles. The monoisotopic (exact) mass is 382 g/mol. The van der Waals surface area contributed by atoms with Crippen LogP contribution in [0.4, 0.5) is 0 Å². The summed E-state index contributed by atoms with van der Waals surface area (Å²) in [6, 6.07) is 16.5. The average molecular weight is 383 g/mol. The number of rotatable bonds is 8. The van der Waals surface area contributed by atoms with E-state index in [1.807, 2.05) is 18.2 Å². The van der Waals surface area contributed by atoms with Crippen LogP contribution >= 0.6 is 0 Å². The molecule has 1 unspecified atom stereocenters. The topological polar surface area (TPSA) is 50.8 Å². The third kappa shape index (κ3) is 5.12. The molecule has 28 heavy (non-hydrogen) atoms. The summed E-state index contributed by atoms with van der Waals surface area (Å²) in [6.07, 6.45) is 3.16. The summed E-state index contributed by atoms with van der Waals surface area (Å²) in [7, 11) is 3.34. The van der Waals surface area contributed by atoms with Crippen LogP contribution in [0.2, 0.25) is 0 Å². The molecule has 0 radical (unpaired) electrons. The van der Waals surface area contributed by atoms with Crippen molar-refractivity contribution in [3.05, 3.63) is 54.1 Å². The fourth-order valence-corrected chi connectivity index (χ4v) is 3.78. The van der Waals surface area contributed by atoms with Crippen LogP contribution in [0.1, 0.15) is 24.8 Å². The van der Waals surface area contributed by atoms with Gasteiger partial charge in [-0.05, 0) is 36.6 Å². The second kappa shape index (κ2) is 10.2. The minimum absolute atomic E-state index is 0.0560. The van der Waals surface area contributed by atoms with E-state index in [-0.39, 0.29) is 11.9 Å². The van der Waals surface area contributed by atoms with Crippen LogP contribution in [0.15, 0.2) is 48.5 Å². The molecule has 3 rings (SSSR count). The molecule has 1 aliphatic rings. The first-order valence-electron chi connectivity index (χ1n) is 9.96. The maximum atomic E-state index is 12.6. The second-order valence-electron chi connectivity index (χ2n) is 7.16. The van der Waals surface area contributed by atoms with Crippen molar-refractivity contribution in [1.29, 1.82) is 0 Å². The van der Waals surface area contributed by atoms with Crippen molar-refractivity contribution >= 4 is 5.91 Å². The quantitative estimate of drug-likeness (QED) is 0.710.